The van der Waals surface area contributed by atoms with Crippen LogP contribution >= 0.6 is 0 Å². The number of hydrogen-bond acceptors (Lipinski definition) is 2. The van der Waals surface area contributed by atoms with Crippen LogP contribution in [0.3, 0.4) is 0 Å². The summed E-state index contributed by atoms with van der Waals surface area (Å²) in [5, 5.41) is 12.7. The average Bonchev–Trinajstić information content (AvgIpc) is 2.35. The van der Waals surface area contributed by atoms with Crippen molar-refractivity contribution in [1.82, 2.24) is 5.32 Å². The molecule has 0 aromatic heterocycles. The highest BCUT2D eigenvalue weighted by Gasteiger charge is 2.34. The highest BCUT2D eigenvalue weighted by molar-refractivity contribution is 5.94. The van der Waals surface area contributed by atoms with Gasteiger partial charge in [-0.25, -0.2) is 0 Å². The van der Waals surface area contributed by atoms with Crippen molar-refractivity contribution < 1.29 is 9.90 Å². The molecule has 0 bridgehead atoms. The molecule has 3 heteroatoms. The number of nitrogens with one attached hydrogen (secondary N) is 1. The topological polar surface area (TPSA) is 49.3 Å². The maximum absolute atomic E-state index is 11.9. The van der Waals surface area contributed by atoms with Gasteiger partial charge in [-0.05, 0) is 43.4 Å². The van der Waals surface area contributed by atoms with Crippen LogP contribution < -0.4 is 5.32 Å². The summed E-state index contributed by atoms with van der Waals surface area (Å²) in [4.78, 5) is 11.9. The largest absolute Gasteiger partial charge is 0.388 e. The smallest absolute Gasteiger partial charge is 0.251 e. The number of carbonyl (C=O) groups is 1. The van der Waals surface area contributed by atoms with Gasteiger partial charge < -0.3 is 10.4 Å². The van der Waals surface area contributed by atoms with Gasteiger partial charge in [0.1, 0.15) is 0 Å². The highest BCUT2D eigenvalue weighted by Crippen LogP contribution is 2.30. The summed E-state index contributed by atoms with van der Waals surface area (Å²) in [6.07, 6.45) is 4.80. The molecule has 0 heterocycles. The summed E-state index contributed by atoms with van der Waals surface area (Å²) in [6, 6.07) is 7.70. The van der Waals surface area contributed by atoms with Gasteiger partial charge in [0.25, 0.3) is 5.91 Å². The maximum Gasteiger partial charge on any atom is 0.251 e. The monoisotopic (exact) mass is 247 g/mol. The molecule has 1 saturated carbocycles. The SMILES string of the molecule is CCCc1ccc(C(=O)NCC2(O)CCC2)cc1. The lowest BCUT2D eigenvalue weighted by atomic mass is 9.80. The Bertz CT molecular complexity index is 407. The second-order valence-electron chi connectivity index (χ2n) is 5.21. The van der Waals surface area contributed by atoms with Crippen molar-refractivity contribution in [2.75, 3.05) is 6.54 Å². The molecule has 1 aliphatic carbocycles. The molecule has 2 N–H and O–H groups in total. The van der Waals surface area contributed by atoms with Crippen LogP contribution in [-0.4, -0.2) is 23.2 Å². The molecule has 1 aliphatic rings. The van der Waals surface area contributed by atoms with E-state index in [0.717, 1.165) is 32.1 Å². The fourth-order valence-corrected chi connectivity index (χ4v) is 2.22. The van der Waals surface area contributed by atoms with Crippen molar-refractivity contribution in [3.63, 3.8) is 0 Å². The second-order valence-corrected chi connectivity index (χ2v) is 5.21. The number of carbonyl (C=O) groups excluding carboxylic acids is 1. The minimum absolute atomic E-state index is 0.0987. The first-order valence-corrected chi connectivity index (χ1v) is 6.72. The normalized spacial score (nSPS) is 17.0. The van der Waals surface area contributed by atoms with Crippen molar-refractivity contribution in [2.24, 2.45) is 0 Å². The van der Waals surface area contributed by atoms with E-state index in [4.69, 9.17) is 0 Å². The molecule has 2 rings (SSSR count). The van der Waals surface area contributed by atoms with Crippen LogP contribution in [0.15, 0.2) is 24.3 Å². The lowest BCUT2D eigenvalue weighted by Gasteiger charge is -2.36. The van der Waals surface area contributed by atoms with Crippen molar-refractivity contribution in [3.05, 3.63) is 35.4 Å². The van der Waals surface area contributed by atoms with Gasteiger partial charge in [-0.3, -0.25) is 4.79 Å². The average molecular weight is 247 g/mol. The molecular weight excluding hydrogens is 226 g/mol. The van der Waals surface area contributed by atoms with Crippen LogP contribution in [0.25, 0.3) is 0 Å². The first kappa shape index (κ1) is 13.1. The van der Waals surface area contributed by atoms with Crippen molar-refractivity contribution in [2.45, 2.75) is 44.6 Å². The number of aliphatic hydroxyl groups is 1. The first-order chi connectivity index (χ1) is 8.63. The summed E-state index contributed by atoms with van der Waals surface area (Å²) in [7, 11) is 0. The number of amides is 1. The maximum atomic E-state index is 11.9. The standard InChI is InChI=1S/C15H21NO2/c1-2-4-12-5-7-13(8-6-12)14(17)16-11-15(18)9-3-10-15/h5-8,18H,2-4,9-11H2,1H3,(H,16,17). The molecule has 1 aromatic carbocycles. The Morgan fingerprint density at radius 2 is 2.00 bits per heavy atom. The van der Waals surface area contributed by atoms with E-state index in [0.29, 0.717) is 12.1 Å². The Hall–Kier alpha value is -1.35. The van der Waals surface area contributed by atoms with E-state index in [9.17, 15) is 9.90 Å². The lowest BCUT2D eigenvalue weighted by molar-refractivity contribution is -0.0300. The summed E-state index contributed by atoms with van der Waals surface area (Å²) >= 11 is 0. The minimum Gasteiger partial charge on any atom is -0.388 e. The van der Waals surface area contributed by atoms with Crippen LogP contribution in [0.5, 0.6) is 0 Å². The van der Waals surface area contributed by atoms with Gasteiger partial charge in [-0.2, -0.15) is 0 Å². The van der Waals surface area contributed by atoms with E-state index in [1.165, 1.54) is 5.56 Å². The van der Waals surface area contributed by atoms with Gasteiger partial charge in [0.2, 0.25) is 0 Å². The Morgan fingerprint density at radius 1 is 1.33 bits per heavy atom. The second kappa shape index (κ2) is 5.53. The summed E-state index contributed by atoms with van der Waals surface area (Å²) in [6.45, 7) is 2.50. The molecule has 3 nitrogen and oxygen atoms in total. The molecule has 0 atom stereocenters. The van der Waals surface area contributed by atoms with Crippen LogP contribution in [0.1, 0.15) is 48.5 Å². The summed E-state index contributed by atoms with van der Waals surface area (Å²) in [5.74, 6) is -0.0987. The van der Waals surface area contributed by atoms with Gasteiger partial charge in [0.05, 0.1) is 5.60 Å². The molecule has 0 unspecified atom stereocenters. The molecule has 0 spiro atoms. The fourth-order valence-electron chi connectivity index (χ4n) is 2.22. The quantitative estimate of drug-likeness (QED) is 0.838. The van der Waals surface area contributed by atoms with E-state index in [1.807, 2.05) is 24.3 Å². The third kappa shape index (κ3) is 3.10. The van der Waals surface area contributed by atoms with E-state index in [-0.39, 0.29) is 5.91 Å². The molecule has 1 amide bonds. The van der Waals surface area contributed by atoms with Crippen molar-refractivity contribution >= 4 is 5.91 Å². The predicted octanol–water partition coefficient (Wildman–Crippen LogP) is 2.28. The molecule has 0 saturated heterocycles. The minimum atomic E-state index is -0.655. The zero-order valence-corrected chi connectivity index (χ0v) is 10.9. The van der Waals surface area contributed by atoms with Crippen LogP contribution in [0, 0.1) is 0 Å². The molecule has 98 valence electrons. The zero-order valence-electron chi connectivity index (χ0n) is 10.9. The Labute approximate surface area is 108 Å². The molecular formula is C15H21NO2. The Morgan fingerprint density at radius 3 is 2.50 bits per heavy atom. The van der Waals surface area contributed by atoms with Gasteiger partial charge in [-0.15, -0.1) is 0 Å². The Balaban J connectivity index is 1.88. The number of hydrogen-bond donors (Lipinski definition) is 2. The number of benzene rings is 1. The third-order valence-corrected chi connectivity index (χ3v) is 3.62. The molecule has 0 aliphatic heterocycles. The van der Waals surface area contributed by atoms with Gasteiger partial charge in [-0.1, -0.05) is 25.5 Å². The van der Waals surface area contributed by atoms with Gasteiger partial charge in [0.15, 0.2) is 0 Å². The van der Waals surface area contributed by atoms with E-state index in [2.05, 4.69) is 12.2 Å². The van der Waals surface area contributed by atoms with E-state index >= 15 is 0 Å². The van der Waals surface area contributed by atoms with Crippen LogP contribution in [0.4, 0.5) is 0 Å². The highest BCUT2D eigenvalue weighted by atomic mass is 16.3. The summed E-state index contributed by atoms with van der Waals surface area (Å²) in [5.41, 5.74) is 1.27. The van der Waals surface area contributed by atoms with Gasteiger partial charge >= 0.3 is 0 Å². The molecule has 1 fully saturated rings. The molecule has 0 radical (unpaired) electrons. The van der Waals surface area contributed by atoms with Crippen LogP contribution in [-0.2, 0) is 6.42 Å². The third-order valence-electron chi connectivity index (χ3n) is 3.62. The molecule has 1 aromatic rings. The van der Waals surface area contributed by atoms with E-state index in [1.54, 1.807) is 0 Å². The van der Waals surface area contributed by atoms with Crippen LogP contribution in [0.2, 0.25) is 0 Å². The van der Waals surface area contributed by atoms with E-state index < -0.39 is 5.60 Å². The predicted molar refractivity (Wildman–Crippen MR) is 71.6 cm³/mol. The van der Waals surface area contributed by atoms with Gasteiger partial charge in [0, 0.05) is 12.1 Å². The van der Waals surface area contributed by atoms with Crippen molar-refractivity contribution in [3.8, 4) is 0 Å². The lowest BCUT2D eigenvalue weighted by Crippen LogP contribution is -2.47. The zero-order chi connectivity index (χ0) is 13.0. The fraction of sp³-hybridized carbons (Fsp3) is 0.533. The first-order valence-electron chi connectivity index (χ1n) is 6.72. The number of aryl methyl sites for hydroxylation is 1. The summed E-state index contributed by atoms with van der Waals surface area (Å²) < 4.78 is 0. The Kier molecular flexibility index (Phi) is 4.02. The molecule has 18 heavy (non-hydrogen) atoms. The van der Waals surface area contributed by atoms with Crippen molar-refractivity contribution in [1.29, 1.82) is 0 Å². The number of rotatable bonds is 5.